The van der Waals surface area contributed by atoms with Crippen LogP contribution in [-0.4, -0.2) is 16.3 Å². The van der Waals surface area contributed by atoms with Gasteiger partial charge in [0.2, 0.25) is 0 Å². The van der Waals surface area contributed by atoms with Crippen molar-refractivity contribution in [1.82, 2.24) is 15.1 Å². The molecule has 90 valence electrons. The van der Waals surface area contributed by atoms with Crippen LogP contribution in [0, 0.1) is 0 Å². The molecular formula is C13H23N3. The monoisotopic (exact) mass is 221 g/mol. The van der Waals surface area contributed by atoms with Crippen LogP contribution in [-0.2, 0) is 12.1 Å². The van der Waals surface area contributed by atoms with Crippen LogP contribution in [0.15, 0.2) is 12.3 Å². The summed E-state index contributed by atoms with van der Waals surface area (Å²) in [5.41, 5.74) is 1.48. The van der Waals surface area contributed by atoms with Gasteiger partial charge in [0, 0.05) is 12.7 Å². The Morgan fingerprint density at radius 3 is 3.12 bits per heavy atom. The Balaban J connectivity index is 2.22. The van der Waals surface area contributed by atoms with Gasteiger partial charge >= 0.3 is 0 Å². The predicted molar refractivity (Wildman–Crippen MR) is 66.3 cm³/mol. The van der Waals surface area contributed by atoms with E-state index in [0.29, 0.717) is 0 Å². The van der Waals surface area contributed by atoms with E-state index in [1.807, 2.05) is 6.20 Å². The summed E-state index contributed by atoms with van der Waals surface area (Å²) in [6.45, 7) is 6.68. The minimum absolute atomic E-state index is 0.127. The third-order valence-corrected chi connectivity index (χ3v) is 3.59. The fourth-order valence-electron chi connectivity index (χ4n) is 2.64. The maximum Gasteiger partial charge on any atom is 0.0582 e. The van der Waals surface area contributed by atoms with Gasteiger partial charge in [-0.2, -0.15) is 5.10 Å². The van der Waals surface area contributed by atoms with Crippen molar-refractivity contribution in [3.05, 3.63) is 18.0 Å². The predicted octanol–water partition coefficient (Wildman–Crippen LogP) is 2.67. The first-order valence-corrected chi connectivity index (χ1v) is 6.53. The molecule has 1 aromatic rings. The number of rotatable bonds is 3. The van der Waals surface area contributed by atoms with Gasteiger partial charge < -0.3 is 5.32 Å². The number of aryl methyl sites for hydroxylation is 1. The molecule has 3 nitrogen and oxygen atoms in total. The van der Waals surface area contributed by atoms with Crippen LogP contribution in [0.3, 0.4) is 0 Å². The molecule has 2 heterocycles. The lowest BCUT2D eigenvalue weighted by Crippen LogP contribution is -2.40. The van der Waals surface area contributed by atoms with Gasteiger partial charge in [-0.05, 0) is 38.8 Å². The fourth-order valence-corrected chi connectivity index (χ4v) is 2.64. The van der Waals surface area contributed by atoms with Crippen LogP contribution in [0.2, 0.25) is 0 Å². The van der Waals surface area contributed by atoms with Crippen LogP contribution < -0.4 is 5.32 Å². The molecule has 0 aromatic carbocycles. The Kier molecular flexibility index (Phi) is 3.64. The maximum absolute atomic E-state index is 4.43. The van der Waals surface area contributed by atoms with E-state index in [4.69, 9.17) is 0 Å². The van der Waals surface area contributed by atoms with Gasteiger partial charge in [0.05, 0.1) is 11.2 Å². The van der Waals surface area contributed by atoms with E-state index >= 15 is 0 Å². The molecule has 1 N–H and O–H groups in total. The Morgan fingerprint density at radius 2 is 2.31 bits per heavy atom. The number of aromatic nitrogens is 2. The first-order chi connectivity index (χ1) is 7.76. The smallest absolute Gasteiger partial charge is 0.0582 e. The minimum Gasteiger partial charge on any atom is -0.306 e. The van der Waals surface area contributed by atoms with E-state index in [1.165, 1.54) is 31.4 Å². The molecule has 1 aliphatic rings. The van der Waals surface area contributed by atoms with Gasteiger partial charge in [0.1, 0.15) is 0 Å². The van der Waals surface area contributed by atoms with Crippen LogP contribution in [0.25, 0.3) is 0 Å². The molecule has 3 heteroatoms. The molecule has 0 aliphatic carbocycles. The maximum atomic E-state index is 4.43. The highest BCUT2D eigenvalue weighted by atomic mass is 15.3. The summed E-state index contributed by atoms with van der Waals surface area (Å²) in [7, 11) is 0. The third-order valence-electron chi connectivity index (χ3n) is 3.59. The molecular weight excluding hydrogens is 198 g/mol. The minimum atomic E-state index is 0.127. The summed E-state index contributed by atoms with van der Waals surface area (Å²) >= 11 is 0. The second-order valence-electron chi connectivity index (χ2n) is 5.01. The van der Waals surface area contributed by atoms with E-state index in [1.54, 1.807) is 0 Å². The molecule has 0 radical (unpaired) electrons. The molecule has 0 saturated carbocycles. The van der Waals surface area contributed by atoms with Crippen molar-refractivity contribution in [2.24, 2.45) is 0 Å². The Hall–Kier alpha value is -0.830. The first kappa shape index (κ1) is 11.6. The average molecular weight is 221 g/mol. The number of hydrogen-bond acceptors (Lipinski definition) is 2. The van der Waals surface area contributed by atoms with Crippen molar-refractivity contribution in [2.75, 3.05) is 6.54 Å². The molecule has 2 rings (SSSR count). The highest BCUT2D eigenvalue weighted by molar-refractivity contribution is 5.14. The normalized spacial score (nSPS) is 26.6. The van der Waals surface area contributed by atoms with Gasteiger partial charge in [-0.3, -0.25) is 4.68 Å². The van der Waals surface area contributed by atoms with Gasteiger partial charge in [0.25, 0.3) is 0 Å². The van der Waals surface area contributed by atoms with E-state index in [-0.39, 0.29) is 5.54 Å². The summed E-state index contributed by atoms with van der Waals surface area (Å²) < 4.78 is 2.16. The average Bonchev–Trinajstić information content (AvgIpc) is 2.62. The van der Waals surface area contributed by atoms with Crippen LogP contribution in [0.4, 0.5) is 0 Å². The summed E-state index contributed by atoms with van der Waals surface area (Å²) in [6, 6.07) is 2.17. The second kappa shape index (κ2) is 5.00. The molecule has 1 atom stereocenters. The summed E-state index contributed by atoms with van der Waals surface area (Å²) in [4.78, 5) is 0. The molecule has 0 bridgehead atoms. The van der Waals surface area contributed by atoms with E-state index in [0.717, 1.165) is 19.5 Å². The Labute approximate surface area is 98.2 Å². The number of hydrogen-bond donors (Lipinski definition) is 1. The lowest BCUT2D eigenvalue weighted by molar-refractivity contribution is 0.327. The third kappa shape index (κ3) is 2.29. The van der Waals surface area contributed by atoms with Crippen molar-refractivity contribution < 1.29 is 0 Å². The van der Waals surface area contributed by atoms with Crippen molar-refractivity contribution in [1.29, 1.82) is 0 Å². The van der Waals surface area contributed by atoms with Crippen molar-refractivity contribution >= 4 is 0 Å². The lowest BCUT2D eigenvalue weighted by Gasteiger charge is -2.30. The first-order valence-electron chi connectivity index (χ1n) is 6.53. The van der Waals surface area contributed by atoms with Crippen LogP contribution >= 0.6 is 0 Å². The molecule has 0 spiro atoms. The Bertz CT molecular complexity index is 322. The molecule has 1 fully saturated rings. The van der Waals surface area contributed by atoms with Gasteiger partial charge in [-0.25, -0.2) is 0 Å². The quantitative estimate of drug-likeness (QED) is 0.850. The highest BCUT2D eigenvalue weighted by Crippen LogP contribution is 2.29. The molecule has 1 aromatic heterocycles. The number of nitrogens with zero attached hydrogens (tertiary/aromatic N) is 2. The molecule has 0 amide bonds. The summed E-state index contributed by atoms with van der Waals surface area (Å²) in [6.07, 6.45) is 8.28. The lowest BCUT2D eigenvalue weighted by atomic mass is 9.92. The molecule has 1 aliphatic heterocycles. The molecule has 16 heavy (non-hydrogen) atoms. The standard InChI is InChI=1S/C13H23N3/c1-3-11-16-12(7-10-15-16)13(2)8-5-4-6-9-14-13/h7,10,14H,3-6,8-9,11H2,1-2H3. The van der Waals surface area contributed by atoms with Crippen LogP contribution in [0.5, 0.6) is 0 Å². The SMILES string of the molecule is CCCn1nccc1C1(C)CCCCCN1. The van der Waals surface area contributed by atoms with E-state index in [9.17, 15) is 0 Å². The molecule has 1 saturated heterocycles. The van der Waals surface area contributed by atoms with Crippen molar-refractivity contribution in [3.8, 4) is 0 Å². The zero-order valence-electron chi connectivity index (χ0n) is 10.5. The van der Waals surface area contributed by atoms with Gasteiger partial charge in [-0.1, -0.05) is 19.8 Å². The van der Waals surface area contributed by atoms with E-state index < -0.39 is 0 Å². The zero-order chi connectivity index (χ0) is 11.4. The van der Waals surface area contributed by atoms with Crippen molar-refractivity contribution in [2.45, 2.75) is 58.0 Å². The summed E-state index contributed by atoms with van der Waals surface area (Å²) in [5.74, 6) is 0. The zero-order valence-corrected chi connectivity index (χ0v) is 10.5. The van der Waals surface area contributed by atoms with Crippen molar-refractivity contribution in [3.63, 3.8) is 0 Å². The highest BCUT2D eigenvalue weighted by Gasteiger charge is 2.30. The summed E-state index contributed by atoms with van der Waals surface area (Å²) in [5, 5.41) is 8.13. The molecule has 1 unspecified atom stereocenters. The largest absolute Gasteiger partial charge is 0.306 e. The second-order valence-corrected chi connectivity index (χ2v) is 5.01. The van der Waals surface area contributed by atoms with E-state index in [2.05, 4.69) is 35.0 Å². The van der Waals surface area contributed by atoms with Crippen LogP contribution in [0.1, 0.15) is 51.6 Å². The Morgan fingerprint density at radius 1 is 1.44 bits per heavy atom. The topological polar surface area (TPSA) is 29.9 Å². The van der Waals surface area contributed by atoms with Gasteiger partial charge in [0.15, 0.2) is 0 Å². The number of nitrogens with one attached hydrogen (secondary N) is 1. The van der Waals surface area contributed by atoms with Gasteiger partial charge in [-0.15, -0.1) is 0 Å². The fraction of sp³-hybridized carbons (Fsp3) is 0.769.